The topological polar surface area (TPSA) is 95.5 Å². The maximum absolute atomic E-state index is 13.9. The van der Waals surface area contributed by atoms with Crippen LogP contribution in [0.3, 0.4) is 0 Å². The van der Waals surface area contributed by atoms with Crippen LogP contribution in [0, 0.1) is 5.82 Å². The average Bonchev–Trinajstić information content (AvgIpc) is 3.28. The molecule has 1 fully saturated rings. The van der Waals surface area contributed by atoms with E-state index in [0.717, 1.165) is 36.7 Å². The standard InChI is InChI=1S/C23H24FN5O4/c24-16-3-1-2-4-17(16)25-22(31)18-12-21(30)27-23(26-18)29-9-7-28(8-10-29)13-15-5-6-19-20(11-15)33-14-32-19/h1-6,11,18H,7-10,12-14H2,(H,25,31)(H,26,27,30). The zero-order valence-corrected chi connectivity index (χ0v) is 17.9. The zero-order chi connectivity index (χ0) is 22.8. The van der Waals surface area contributed by atoms with Gasteiger partial charge in [0.15, 0.2) is 11.5 Å². The van der Waals surface area contributed by atoms with Gasteiger partial charge in [-0.15, -0.1) is 0 Å². The fraction of sp³-hybridized carbons (Fsp3) is 0.348. The molecule has 2 aromatic rings. The van der Waals surface area contributed by atoms with Crippen LogP contribution in [-0.4, -0.2) is 66.6 Å². The second-order valence-corrected chi connectivity index (χ2v) is 8.14. The first-order chi connectivity index (χ1) is 16.0. The van der Waals surface area contributed by atoms with Crippen LogP contribution in [0.5, 0.6) is 11.5 Å². The van der Waals surface area contributed by atoms with Crippen molar-refractivity contribution in [1.29, 1.82) is 0 Å². The zero-order valence-electron chi connectivity index (χ0n) is 17.9. The van der Waals surface area contributed by atoms with E-state index in [1.165, 1.54) is 12.1 Å². The second-order valence-electron chi connectivity index (χ2n) is 8.14. The van der Waals surface area contributed by atoms with Crippen LogP contribution in [0.15, 0.2) is 47.5 Å². The Bertz CT molecular complexity index is 1100. The first-order valence-electron chi connectivity index (χ1n) is 10.8. The maximum Gasteiger partial charge on any atom is 0.249 e. The lowest BCUT2D eigenvalue weighted by Gasteiger charge is -2.37. The van der Waals surface area contributed by atoms with Crippen LogP contribution in [-0.2, 0) is 16.1 Å². The number of hydrogen-bond donors (Lipinski definition) is 2. The minimum Gasteiger partial charge on any atom is -0.454 e. The number of carbonyl (C=O) groups is 2. The molecule has 1 atom stereocenters. The number of halogens is 1. The lowest BCUT2D eigenvalue weighted by atomic mass is 10.1. The number of nitrogens with zero attached hydrogens (tertiary/aromatic N) is 3. The van der Waals surface area contributed by atoms with Crippen molar-refractivity contribution in [3.05, 3.63) is 53.8 Å². The molecule has 10 heteroatoms. The predicted octanol–water partition coefficient (Wildman–Crippen LogP) is 1.56. The Balaban J connectivity index is 1.19. The largest absolute Gasteiger partial charge is 0.454 e. The van der Waals surface area contributed by atoms with E-state index in [1.807, 2.05) is 23.1 Å². The van der Waals surface area contributed by atoms with Crippen LogP contribution in [0.1, 0.15) is 12.0 Å². The summed E-state index contributed by atoms with van der Waals surface area (Å²) in [7, 11) is 0. The molecule has 0 radical (unpaired) electrons. The van der Waals surface area contributed by atoms with E-state index in [-0.39, 0.29) is 24.8 Å². The molecule has 3 aliphatic rings. The van der Waals surface area contributed by atoms with Crippen molar-refractivity contribution in [2.24, 2.45) is 4.99 Å². The molecular formula is C23H24FN5O4. The van der Waals surface area contributed by atoms with E-state index in [4.69, 9.17) is 9.47 Å². The number of nitrogens with one attached hydrogen (secondary N) is 2. The fourth-order valence-corrected chi connectivity index (χ4v) is 4.08. The Kier molecular flexibility index (Phi) is 5.82. The first kappa shape index (κ1) is 21.2. The molecule has 2 N–H and O–H groups in total. The SMILES string of the molecule is O=C1CC(C(=O)Nc2ccccc2F)N=C(N2CCN(Cc3ccc4c(c3)OCO4)CC2)N1. The molecule has 1 saturated heterocycles. The van der Waals surface area contributed by atoms with E-state index in [2.05, 4.69) is 20.5 Å². The van der Waals surface area contributed by atoms with E-state index in [1.54, 1.807) is 12.1 Å². The Morgan fingerprint density at radius 1 is 1.12 bits per heavy atom. The number of aliphatic imine (C=N–C) groups is 1. The number of piperazine rings is 1. The summed E-state index contributed by atoms with van der Waals surface area (Å²) in [6.45, 7) is 3.89. The quantitative estimate of drug-likeness (QED) is 0.730. The van der Waals surface area contributed by atoms with Crippen molar-refractivity contribution >= 4 is 23.5 Å². The molecule has 9 nitrogen and oxygen atoms in total. The lowest BCUT2D eigenvalue weighted by molar-refractivity contribution is -0.125. The Labute approximate surface area is 190 Å². The van der Waals surface area contributed by atoms with Crippen molar-refractivity contribution in [1.82, 2.24) is 15.1 Å². The van der Waals surface area contributed by atoms with E-state index < -0.39 is 17.8 Å². The highest BCUT2D eigenvalue weighted by molar-refractivity contribution is 6.06. The van der Waals surface area contributed by atoms with Crippen LogP contribution < -0.4 is 20.1 Å². The van der Waals surface area contributed by atoms with Gasteiger partial charge in [-0.2, -0.15) is 0 Å². The molecule has 3 heterocycles. The minimum atomic E-state index is -0.903. The van der Waals surface area contributed by atoms with Gasteiger partial charge in [0.1, 0.15) is 11.9 Å². The molecular weight excluding hydrogens is 429 g/mol. The molecule has 3 aliphatic heterocycles. The van der Waals surface area contributed by atoms with Crippen molar-refractivity contribution in [3.8, 4) is 11.5 Å². The van der Waals surface area contributed by atoms with Crippen LogP contribution in [0.4, 0.5) is 10.1 Å². The number of rotatable bonds is 4. The second kappa shape index (κ2) is 9.07. The Hall–Kier alpha value is -3.66. The number of hydrogen-bond acceptors (Lipinski definition) is 7. The van der Waals surface area contributed by atoms with E-state index >= 15 is 0 Å². The van der Waals surface area contributed by atoms with Crippen molar-refractivity contribution in [2.45, 2.75) is 19.0 Å². The Morgan fingerprint density at radius 3 is 2.73 bits per heavy atom. The van der Waals surface area contributed by atoms with Crippen LogP contribution in [0.25, 0.3) is 0 Å². The highest BCUT2D eigenvalue weighted by Crippen LogP contribution is 2.32. The summed E-state index contributed by atoms with van der Waals surface area (Å²) in [6, 6.07) is 11.0. The van der Waals surface area contributed by atoms with Gasteiger partial charge >= 0.3 is 0 Å². The number of ether oxygens (including phenoxy) is 2. The molecule has 0 aromatic heterocycles. The van der Waals surface area contributed by atoms with E-state index in [9.17, 15) is 14.0 Å². The fourth-order valence-electron chi connectivity index (χ4n) is 4.08. The number of amides is 2. The summed E-state index contributed by atoms with van der Waals surface area (Å²) in [4.78, 5) is 33.6. The normalized spacial score (nSPS) is 20.3. The number of guanidine groups is 1. The number of fused-ring (bicyclic) bond motifs is 1. The molecule has 2 aromatic carbocycles. The average molecular weight is 453 g/mol. The monoisotopic (exact) mass is 453 g/mol. The highest BCUT2D eigenvalue weighted by Gasteiger charge is 2.31. The smallest absolute Gasteiger partial charge is 0.249 e. The minimum absolute atomic E-state index is 0.0716. The van der Waals surface area contributed by atoms with Crippen molar-refractivity contribution in [2.75, 3.05) is 38.3 Å². The molecule has 0 aliphatic carbocycles. The third kappa shape index (κ3) is 4.75. The summed E-state index contributed by atoms with van der Waals surface area (Å²) >= 11 is 0. The van der Waals surface area contributed by atoms with Gasteiger partial charge in [0.2, 0.25) is 24.6 Å². The van der Waals surface area contributed by atoms with Gasteiger partial charge in [-0.05, 0) is 29.8 Å². The summed E-state index contributed by atoms with van der Waals surface area (Å²) in [5, 5.41) is 5.30. The first-order valence-corrected chi connectivity index (χ1v) is 10.8. The predicted molar refractivity (Wildman–Crippen MR) is 118 cm³/mol. The molecule has 0 spiro atoms. The molecule has 0 bridgehead atoms. The van der Waals surface area contributed by atoms with Gasteiger partial charge < -0.3 is 19.7 Å². The molecule has 2 amide bonds. The Morgan fingerprint density at radius 2 is 1.91 bits per heavy atom. The molecule has 172 valence electrons. The van der Waals surface area contributed by atoms with Crippen LogP contribution >= 0.6 is 0 Å². The van der Waals surface area contributed by atoms with Gasteiger partial charge in [-0.3, -0.25) is 19.8 Å². The van der Waals surface area contributed by atoms with Gasteiger partial charge in [0.25, 0.3) is 0 Å². The highest BCUT2D eigenvalue weighted by atomic mass is 19.1. The van der Waals surface area contributed by atoms with Crippen LogP contribution in [0.2, 0.25) is 0 Å². The van der Waals surface area contributed by atoms with Gasteiger partial charge in [0.05, 0.1) is 12.1 Å². The van der Waals surface area contributed by atoms with Gasteiger partial charge in [0, 0.05) is 32.7 Å². The number of carbonyl (C=O) groups excluding carboxylic acids is 2. The molecule has 5 rings (SSSR count). The summed E-state index contributed by atoms with van der Waals surface area (Å²) in [5.74, 6) is 0.607. The summed E-state index contributed by atoms with van der Waals surface area (Å²) < 4.78 is 24.7. The van der Waals surface area contributed by atoms with Gasteiger partial charge in [-0.25, -0.2) is 9.38 Å². The number of para-hydroxylation sites is 1. The number of anilines is 1. The summed E-state index contributed by atoms with van der Waals surface area (Å²) in [6.07, 6.45) is -0.0755. The van der Waals surface area contributed by atoms with Crippen molar-refractivity contribution < 1.29 is 23.5 Å². The van der Waals surface area contributed by atoms with E-state index in [0.29, 0.717) is 19.0 Å². The third-order valence-electron chi connectivity index (χ3n) is 5.86. The summed E-state index contributed by atoms with van der Waals surface area (Å²) in [5.41, 5.74) is 1.21. The molecule has 33 heavy (non-hydrogen) atoms. The number of benzene rings is 2. The molecule has 0 saturated carbocycles. The lowest BCUT2D eigenvalue weighted by Crippen LogP contribution is -2.56. The van der Waals surface area contributed by atoms with Gasteiger partial charge in [-0.1, -0.05) is 18.2 Å². The molecule has 1 unspecified atom stereocenters. The maximum atomic E-state index is 13.9. The van der Waals surface area contributed by atoms with Crippen molar-refractivity contribution in [3.63, 3.8) is 0 Å². The third-order valence-corrected chi connectivity index (χ3v) is 5.86.